The molecule has 4 amide bonds. The molecule has 5 heterocycles. The molecule has 0 radical (unpaired) electrons. The van der Waals surface area contributed by atoms with E-state index in [1.54, 1.807) is 75.8 Å². The number of rotatable bonds is 13. The second-order valence-corrected chi connectivity index (χ2v) is 16.7. The quantitative estimate of drug-likeness (QED) is 0.102. The molecule has 16 heteroatoms. The summed E-state index contributed by atoms with van der Waals surface area (Å²) < 4.78 is 7.21. The summed E-state index contributed by atoms with van der Waals surface area (Å²) in [7, 11) is 1.51. The van der Waals surface area contributed by atoms with Crippen LogP contribution < -0.4 is 20.7 Å². The Morgan fingerprint density at radius 3 is 2.48 bits per heavy atom. The lowest BCUT2D eigenvalue weighted by atomic mass is 9.85. The summed E-state index contributed by atoms with van der Waals surface area (Å²) >= 11 is 1.59. The van der Waals surface area contributed by atoms with Gasteiger partial charge in [-0.05, 0) is 85.2 Å². The third-order valence-corrected chi connectivity index (χ3v) is 11.5. The van der Waals surface area contributed by atoms with Crippen molar-refractivity contribution in [3.05, 3.63) is 119 Å². The average molecular weight is 829 g/mol. The zero-order valence-electron chi connectivity index (χ0n) is 34.4. The molecule has 0 unspecified atom stereocenters. The van der Waals surface area contributed by atoms with E-state index in [0.717, 1.165) is 27.3 Å². The Balaban J connectivity index is 0.969. The first-order chi connectivity index (χ1) is 28.8. The van der Waals surface area contributed by atoms with Crippen molar-refractivity contribution in [2.75, 3.05) is 19.0 Å². The third-order valence-electron chi connectivity index (χ3n) is 10.5. The fourth-order valence-electron chi connectivity index (χ4n) is 7.21. The summed E-state index contributed by atoms with van der Waals surface area (Å²) in [4.78, 5) is 66.2. The minimum atomic E-state index is -0.918. The largest absolute Gasteiger partial charge is 0.495 e. The van der Waals surface area contributed by atoms with Gasteiger partial charge in [-0.3, -0.25) is 29.0 Å². The van der Waals surface area contributed by atoms with Gasteiger partial charge in [-0.2, -0.15) is 10.2 Å². The van der Waals surface area contributed by atoms with Crippen LogP contribution in [0.3, 0.4) is 0 Å². The topological polar surface area (TPSA) is 189 Å². The van der Waals surface area contributed by atoms with Crippen LogP contribution >= 0.6 is 11.3 Å². The lowest BCUT2D eigenvalue weighted by Gasteiger charge is -2.35. The second-order valence-electron chi connectivity index (χ2n) is 15.8. The van der Waals surface area contributed by atoms with Crippen LogP contribution in [0.2, 0.25) is 0 Å². The number of hydrogen-bond acceptors (Lipinski definition) is 10. The van der Waals surface area contributed by atoms with Crippen molar-refractivity contribution in [3.63, 3.8) is 0 Å². The number of hydrogen-bond donors (Lipinski definition) is 4. The van der Waals surface area contributed by atoms with E-state index in [0.29, 0.717) is 48.8 Å². The van der Waals surface area contributed by atoms with Gasteiger partial charge in [0.25, 0.3) is 11.8 Å². The van der Waals surface area contributed by atoms with E-state index in [-0.39, 0.29) is 29.2 Å². The maximum atomic E-state index is 14.2. The highest BCUT2D eigenvalue weighted by Crippen LogP contribution is 2.30. The van der Waals surface area contributed by atoms with Crippen LogP contribution in [-0.2, 0) is 16.1 Å². The summed E-state index contributed by atoms with van der Waals surface area (Å²) in [6.07, 6.45) is 4.49. The summed E-state index contributed by atoms with van der Waals surface area (Å²) in [6, 6.07) is 20.1. The molecule has 0 bridgehead atoms. The lowest BCUT2D eigenvalue weighted by Crippen LogP contribution is -2.57. The van der Waals surface area contributed by atoms with Crippen LogP contribution in [0.5, 0.6) is 5.75 Å². The minimum Gasteiger partial charge on any atom is -0.495 e. The number of ether oxygens (including phenoxy) is 1. The summed E-state index contributed by atoms with van der Waals surface area (Å²) in [6.45, 7) is 10.3. The van der Waals surface area contributed by atoms with E-state index in [9.17, 15) is 19.2 Å². The zero-order valence-corrected chi connectivity index (χ0v) is 35.2. The Morgan fingerprint density at radius 2 is 1.78 bits per heavy atom. The Hall–Kier alpha value is -6.68. The van der Waals surface area contributed by atoms with E-state index < -0.39 is 29.3 Å². The number of amides is 4. The number of anilines is 1. The van der Waals surface area contributed by atoms with Crippen LogP contribution in [-0.4, -0.2) is 84.2 Å². The predicted octanol–water partition coefficient (Wildman–Crippen LogP) is 6.42. The second kappa shape index (κ2) is 17.7. The van der Waals surface area contributed by atoms with E-state index in [4.69, 9.17) is 4.74 Å². The number of H-pyrrole nitrogens is 1. The number of carbonyl (C=O) groups is 4. The molecule has 310 valence electrons. The van der Waals surface area contributed by atoms with E-state index >= 15 is 0 Å². The van der Waals surface area contributed by atoms with Crippen molar-refractivity contribution in [2.45, 2.75) is 72.1 Å². The van der Waals surface area contributed by atoms with E-state index in [1.165, 1.54) is 7.11 Å². The van der Waals surface area contributed by atoms with Crippen molar-refractivity contribution < 1.29 is 23.9 Å². The fourth-order valence-corrected chi connectivity index (χ4v) is 8.02. The molecule has 1 aliphatic heterocycles. The highest BCUT2D eigenvalue weighted by atomic mass is 32.1. The number of methoxy groups -OCH3 is 1. The number of pyridine rings is 1. The van der Waals surface area contributed by atoms with Crippen molar-refractivity contribution in [1.82, 2.24) is 45.5 Å². The summed E-state index contributed by atoms with van der Waals surface area (Å²) in [5.41, 5.74) is 7.06. The maximum Gasteiger partial charge on any atom is 0.274 e. The normalized spacial score (nSPS) is 15.0. The monoisotopic (exact) mass is 828 g/mol. The Bertz CT molecular complexity index is 2490. The number of nitrogens with one attached hydrogen (secondary N) is 4. The Morgan fingerprint density at radius 1 is 0.983 bits per heavy atom. The van der Waals surface area contributed by atoms with Crippen LogP contribution in [0.4, 0.5) is 5.69 Å². The molecule has 6 aromatic rings. The van der Waals surface area contributed by atoms with Crippen LogP contribution in [0.25, 0.3) is 21.8 Å². The number of aromatic nitrogens is 6. The van der Waals surface area contributed by atoms with Gasteiger partial charge >= 0.3 is 0 Å². The number of aromatic amines is 1. The molecule has 15 nitrogen and oxygen atoms in total. The van der Waals surface area contributed by atoms with Gasteiger partial charge in [0, 0.05) is 18.9 Å². The molecule has 1 fully saturated rings. The van der Waals surface area contributed by atoms with Gasteiger partial charge in [0.2, 0.25) is 11.8 Å². The van der Waals surface area contributed by atoms with Crippen LogP contribution in [0, 0.1) is 12.3 Å². The molecule has 3 atom stereocenters. The molecule has 1 aliphatic rings. The fraction of sp³-hybridized carbons (Fsp3) is 0.318. The van der Waals surface area contributed by atoms with E-state index in [2.05, 4.69) is 41.2 Å². The summed E-state index contributed by atoms with van der Waals surface area (Å²) in [5.74, 6) is -1.02. The third kappa shape index (κ3) is 9.28. The first-order valence-electron chi connectivity index (χ1n) is 19.7. The van der Waals surface area contributed by atoms with Crippen molar-refractivity contribution in [3.8, 4) is 27.6 Å². The number of aryl methyl sites for hydroxylation is 1. The van der Waals surface area contributed by atoms with Gasteiger partial charge in [0.05, 0.1) is 52.9 Å². The number of nitrogens with zero attached hydrogens (tertiary/aromatic N) is 6. The molecule has 2 aromatic carbocycles. The van der Waals surface area contributed by atoms with Gasteiger partial charge in [-0.25, -0.2) is 9.97 Å². The molecule has 4 aromatic heterocycles. The predicted molar refractivity (Wildman–Crippen MR) is 228 cm³/mol. The molecule has 0 saturated carbocycles. The maximum absolute atomic E-state index is 14.2. The molecule has 60 heavy (non-hydrogen) atoms. The number of likely N-dealkylation sites (tertiary alicyclic amines) is 1. The van der Waals surface area contributed by atoms with Gasteiger partial charge in [-0.1, -0.05) is 57.2 Å². The Kier molecular flexibility index (Phi) is 12.2. The zero-order chi connectivity index (χ0) is 42.6. The first-order valence-corrected chi connectivity index (χ1v) is 20.6. The highest BCUT2D eigenvalue weighted by Gasteiger charge is 2.42. The van der Waals surface area contributed by atoms with Crippen LogP contribution in [0.15, 0.2) is 90.7 Å². The Labute approximate surface area is 352 Å². The van der Waals surface area contributed by atoms with E-state index in [1.807, 2.05) is 70.5 Å². The molecular formula is C44H48N10O5S. The lowest BCUT2D eigenvalue weighted by molar-refractivity contribution is -0.142. The number of carbonyl (C=O) groups excluding carboxylic acids is 4. The molecule has 7 rings (SSSR count). The highest BCUT2D eigenvalue weighted by molar-refractivity contribution is 7.13. The van der Waals surface area contributed by atoms with Gasteiger partial charge in [0.1, 0.15) is 29.2 Å². The van der Waals surface area contributed by atoms with Crippen LogP contribution in [0.1, 0.15) is 84.4 Å². The molecule has 4 N–H and O–H groups in total. The molecule has 1 saturated heterocycles. The number of benzene rings is 2. The number of thiazole rings is 1. The first kappa shape index (κ1) is 41.5. The van der Waals surface area contributed by atoms with Gasteiger partial charge in [0.15, 0.2) is 0 Å². The molecular weight excluding hydrogens is 781 g/mol. The SMILES string of the molecule is COc1cc(Cn2ccc(C(=O)N[C@H](C(=O)N3CCC[C@H]3C(=O)N[C@@H](C)c3ccc(-c4scnc4C)cc3)C(C)(C)C)n2)ccc1NC(=O)c1cccc(-c2ccn[nH]2)n1. The molecule has 0 aliphatic carbocycles. The van der Waals surface area contributed by atoms with Crippen molar-refractivity contribution in [2.24, 2.45) is 5.41 Å². The van der Waals surface area contributed by atoms with Crippen molar-refractivity contribution >= 4 is 40.7 Å². The van der Waals surface area contributed by atoms with Gasteiger partial charge < -0.3 is 25.6 Å². The minimum absolute atomic E-state index is 0.138. The standard InChI is InChI=1S/C44H48N10O5S/c1-26(29-13-15-30(16-14-29)38-27(2)45-25-60-38)47-42(57)36-11-8-21-54(36)43(58)39(44(3,4)5)50-41(56)35-19-22-53(52-35)24-28-12-17-33(37(23-28)59-6)49-40(55)34-10-7-9-31(48-34)32-18-20-46-51-32/h7,9-10,12-20,22-23,25-26,36,39H,8,11,21,24H2,1-6H3,(H,46,51)(H,47,57)(H,49,55)(H,50,56)/t26-,36-,39+/m0/s1. The summed E-state index contributed by atoms with van der Waals surface area (Å²) in [5, 5.41) is 20.2. The average Bonchev–Trinajstić information content (AvgIpc) is 4.09. The smallest absolute Gasteiger partial charge is 0.274 e. The molecule has 0 spiro atoms. The van der Waals surface area contributed by atoms with Crippen molar-refractivity contribution in [1.29, 1.82) is 0 Å². The van der Waals surface area contributed by atoms with Gasteiger partial charge in [-0.15, -0.1) is 11.3 Å².